The van der Waals surface area contributed by atoms with E-state index in [2.05, 4.69) is 40.1 Å². The summed E-state index contributed by atoms with van der Waals surface area (Å²) in [5.74, 6) is 0.898. The van der Waals surface area contributed by atoms with Crippen molar-refractivity contribution in [1.29, 1.82) is 0 Å². The molecular weight excluding hydrogens is 268 g/mol. The van der Waals surface area contributed by atoms with Crippen LogP contribution < -0.4 is 5.32 Å². The van der Waals surface area contributed by atoms with Crippen LogP contribution in [0.4, 0.5) is 5.69 Å². The van der Waals surface area contributed by atoms with Gasteiger partial charge in [0.05, 0.1) is 17.9 Å². The molecule has 0 spiro atoms. The number of furan rings is 1. The van der Waals surface area contributed by atoms with Gasteiger partial charge in [0.2, 0.25) is 0 Å². The summed E-state index contributed by atoms with van der Waals surface area (Å²) in [6.07, 6.45) is 3.61. The summed E-state index contributed by atoms with van der Waals surface area (Å²) >= 11 is 3.29. The number of hydrogen-bond donors (Lipinski definition) is 1. The third-order valence-corrected chi connectivity index (χ3v) is 2.86. The van der Waals surface area contributed by atoms with E-state index in [4.69, 9.17) is 4.42 Å². The summed E-state index contributed by atoms with van der Waals surface area (Å²) < 4.78 is 6.24. The van der Waals surface area contributed by atoms with Crippen LogP contribution in [0.2, 0.25) is 0 Å². The number of anilines is 1. The maximum atomic E-state index is 5.49. The molecule has 0 fully saturated rings. The normalized spacial score (nSPS) is 12.4. The number of nitrogens with zero attached hydrogens (tertiary/aromatic N) is 1. The lowest BCUT2D eigenvalue weighted by molar-refractivity contribution is 0.471. The number of rotatable bonds is 3. The molecule has 4 heteroatoms. The number of halogens is 1. The van der Waals surface area contributed by atoms with Gasteiger partial charge in [0.15, 0.2) is 4.67 Å². The van der Waals surface area contributed by atoms with E-state index >= 15 is 0 Å². The van der Waals surface area contributed by atoms with Crippen LogP contribution in [0.25, 0.3) is 0 Å². The van der Waals surface area contributed by atoms with Gasteiger partial charge >= 0.3 is 0 Å². The van der Waals surface area contributed by atoms with Crippen molar-refractivity contribution in [1.82, 2.24) is 4.98 Å². The minimum atomic E-state index is 0.120. The molecule has 0 saturated heterocycles. The third kappa shape index (κ3) is 2.44. The molecule has 2 aromatic heterocycles. The van der Waals surface area contributed by atoms with Crippen molar-refractivity contribution in [2.24, 2.45) is 0 Å². The van der Waals surface area contributed by atoms with Gasteiger partial charge in [0, 0.05) is 6.20 Å². The van der Waals surface area contributed by atoms with Crippen molar-refractivity contribution in [2.45, 2.75) is 19.9 Å². The Balaban J connectivity index is 2.13. The summed E-state index contributed by atoms with van der Waals surface area (Å²) in [4.78, 5) is 4.10. The van der Waals surface area contributed by atoms with Gasteiger partial charge in [0.25, 0.3) is 0 Å². The van der Waals surface area contributed by atoms with E-state index in [-0.39, 0.29) is 6.04 Å². The van der Waals surface area contributed by atoms with Gasteiger partial charge in [-0.3, -0.25) is 4.98 Å². The minimum Gasteiger partial charge on any atom is -0.452 e. The Kier molecular flexibility index (Phi) is 3.29. The Morgan fingerprint density at radius 1 is 1.38 bits per heavy atom. The van der Waals surface area contributed by atoms with Crippen molar-refractivity contribution in [3.8, 4) is 0 Å². The molecule has 16 heavy (non-hydrogen) atoms. The average molecular weight is 281 g/mol. The monoisotopic (exact) mass is 280 g/mol. The van der Waals surface area contributed by atoms with E-state index in [1.807, 2.05) is 24.4 Å². The van der Waals surface area contributed by atoms with Gasteiger partial charge in [-0.1, -0.05) is 0 Å². The molecule has 84 valence electrons. The molecule has 1 N–H and O–H groups in total. The van der Waals surface area contributed by atoms with Crippen LogP contribution in [0.1, 0.15) is 24.3 Å². The Morgan fingerprint density at radius 3 is 2.81 bits per heavy atom. The molecule has 0 aliphatic carbocycles. The number of hydrogen-bond acceptors (Lipinski definition) is 3. The number of aryl methyl sites for hydroxylation is 1. The fraction of sp³-hybridized carbons (Fsp3) is 0.250. The van der Waals surface area contributed by atoms with E-state index in [9.17, 15) is 0 Å². The molecule has 0 aliphatic heterocycles. The van der Waals surface area contributed by atoms with Crippen LogP contribution in [0.15, 0.2) is 39.7 Å². The van der Waals surface area contributed by atoms with Gasteiger partial charge in [-0.2, -0.15) is 0 Å². The summed E-state index contributed by atoms with van der Waals surface area (Å²) in [7, 11) is 0. The summed E-state index contributed by atoms with van der Waals surface area (Å²) in [6.45, 7) is 4.10. The van der Waals surface area contributed by atoms with E-state index in [1.54, 1.807) is 6.20 Å². The zero-order valence-corrected chi connectivity index (χ0v) is 10.8. The highest BCUT2D eigenvalue weighted by Crippen LogP contribution is 2.24. The van der Waals surface area contributed by atoms with Gasteiger partial charge in [-0.05, 0) is 53.5 Å². The van der Waals surface area contributed by atoms with Crippen molar-refractivity contribution in [3.63, 3.8) is 0 Å². The van der Waals surface area contributed by atoms with E-state index in [0.29, 0.717) is 0 Å². The van der Waals surface area contributed by atoms with E-state index in [0.717, 1.165) is 16.1 Å². The second-order valence-corrected chi connectivity index (χ2v) is 4.48. The highest BCUT2D eigenvalue weighted by molar-refractivity contribution is 9.10. The van der Waals surface area contributed by atoms with E-state index < -0.39 is 0 Å². The van der Waals surface area contributed by atoms with Crippen LogP contribution in [-0.4, -0.2) is 4.98 Å². The number of pyridine rings is 1. The molecule has 0 aliphatic rings. The van der Waals surface area contributed by atoms with Crippen molar-refractivity contribution < 1.29 is 4.42 Å². The van der Waals surface area contributed by atoms with Crippen LogP contribution in [0, 0.1) is 6.92 Å². The predicted molar refractivity (Wildman–Crippen MR) is 67.4 cm³/mol. The molecule has 0 saturated carbocycles. The van der Waals surface area contributed by atoms with Crippen molar-refractivity contribution in [3.05, 3.63) is 46.6 Å². The minimum absolute atomic E-state index is 0.120. The molecular formula is C12H13BrN2O. The zero-order chi connectivity index (χ0) is 11.5. The highest BCUT2D eigenvalue weighted by atomic mass is 79.9. The lowest BCUT2D eigenvalue weighted by atomic mass is 10.2. The first kappa shape index (κ1) is 11.2. The Labute approximate surface area is 103 Å². The van der Waals surface area contributed by atoms with Crippen molar-refractivity contribution in [2.75, 3.05) is 5.32 Å². The zero-order valence-electron chi connectivity index (χ0n) is 9.20. The topological polar surface area (TPSA) is 38.1 Å². The predicted octanol–water partition coefficient (Wildman–Crippen LogP) is 3.92. The summed E-state index contributed by atoms with van der Waals surface area (Å²) in [5, 5.41) is 3.36. The molecule has 2 aromatic rings. The molecule has 0 radical (unpaired) electrons. The quantitative estimate of drug-likeness (QED) is 0.926. The SMILES string of the molecule is Cc1ccncc1NC(C)c1ccc(Br)o1. The fourth-order valence-electron chi connectivity index (χ4n) is 1.48. The summed E-state index contributed by atoms with van der Waals surface area (Å²) in [5.41, 5.74) is 2.20. The van der Waals surface area contributed by atoms with Crippen LogP contribution in [0.3, 0.4) is 0 Å². The van der Waals surface area contributed by atoms with Gasteiger partial charge in [-0.25, -0.2) is 0 Å². The maximum Gasteiger partial charge on any atom is 0.169 e. The molecule has 0 amide bonds. The van der Waals surface area contributed by atoms with Crippen LogP contribution in [0.5, 0.6) is 0 Å². The molecule has 2 rings (SSSR count). The average Bonchev–Trinajstić information content (AvgIpc) is 2.68. The first-order valence-electron chi connectivity index (χ1n) is 5.09. The highest BCUT2D eigenvalue weighted by Gasteiger charge is 2.10. The first-order chi connectivity index (χ1) is 7.66. The Morgan fingerprint density at radius 2 is 2.19 bits per heavy atom. The molecule has 1 atom stereocenters. The molecule has 0 bridgehead atoms. The summed E-state index contributed by atoms with van der Waals surface area (Å²) in [6, 6.07) is 5.94. The van der Waals surface area contributed by atoms with Crippen molar-refractivity contribution >= 4 is 21.6 Å². The lowest BCUT2D eigenvalue weighted by Crippen LogP contribution is -2.06. The Hall–Kier alpha value is -1.29. The Bertz CT molecular complexity index is 481. The molecule has 0 aromatic carbocycles. The first-order valence-corrected chi connectivity index (χ1v) is 5.88. The second-order valence-electron chi connectivity index (χ2n) is 3.70. The maximum absolute atomic E-state index is 5.49. The smallest absolute Gasteiger partial charge is 0.169 e. The largest absolute Gasteiger partial charge is 0.452 e. The lowest BCUT2D eigenvalue weighted by Gasteiger charge is -2.14. The second kappa shape index (κ2) is 4.70. The third-order valence-electron chi connectivity index (χ3n) is 2.43. The molecule has 2 heterocycles. The van der Waals surface area contributed by atoms with E-state index in [1.165, 1.54) is 5.56 Å². The molecule has 1 unspecified atom stereocenters. The number of nitrogens with one attached hydrogen (secondary N) is 1. The fourth-order valence-corrected chi connectivity index (χ4v) is 1.80. The molecule has 3 nitrogen and oxygen atoms in total. The van der Waals surface area contributed by atoms with Crippen LogP contribution >= 0.6 is 15.9 Å². The van der Waals surface area contributed by atoms with Gasteiger partial charge in [0.1, 0.15) is 5.76 Å². The standard InChI is InChI=1S/C12H13BrN2O/c1-8-5-6-14-7-10(8)15-9(2)11-3-4-12(13)16-11/h3-7,9,15H,1-2H3. The number of aromatic nitrogens is 1. The van der Waals surface area contributed by atoms with Crippen LogP contribution in [-0.2, 0) is 0 Å². The van der Waals surface area contributed by atoms with Gasteiger partial charge < -0.3 is 9.73 Å². The van der Waals surface area contributed by atoms with Gasteiger partial charge in [-0.15, -0.1) is 0 Å².